The summed E-state index contributed by atoms with van der Waals surface area (Å²) in [5.41, 5.74) is 0.212. The molecule has 0 bridgehead atoms. The Labute approximate surface area is 119 Å². The highest BCUT2D eigenvalue weighted by molar-refractivity contribution is 5.76. The summed E-state index contributed by atoms with van der Waals surface area (Å²) in [6.45, 7) is 16.1. The first-order valence-electron chi connectivity index (χ1n) is 7.76. The molecule has 1 rings (SSSR count). The van der Waals surface area contributed by atoms with Crippen molar-refractivity contribution in [3.63, 3.8) is 0 Å². The second kappa shape index (κ2) is 6.74. The van der Waals surface area contributed by atoms with Gasteiger partial charge in [0, 0.05) is 25.6 Å². The number of nitrogens with one attached hydrogen (secondary N) is 1. The van der Waals surface area contributed by atoms with Crippen molar-refractivity contribution in [2.45, 2.75) is 60.4 Å². The minimum absolute atomic E-state index is 0.212. The Kier molecular flexibility index (Phi) is 5.84. The Morgan fingerprint density at radius 3 is 2.53 bits per heavy atom. The summed E-state index contributed by atoms with van der Waals surface area (Å²) < 4.78 is 0. The fourth-order valence-electron chi connectivity index (χ4n) is 2.63. The third kappa shape index (κ3) is 4.79. The second-order valence-corrected chi connectivity index (χ2v) is 7.24. The van der Waals surface area contributed by atoms with Crippen LogP contribution < -0.4 is 5.32 Å². The van der Waals surface area contributed by atoms with Gasteiger partial charge in [0.25, 0.3) is 0 Å². The number of piperidine rings is 1. The molecule has 0 spiro atoms. The normalized spacial score (nSPS) is 26.3. The van der Waals surface area contributed by atoms with Crippen LogP contribution in [0.15, 0.2) is 0 Å². The molecular weight excluding hydrogens is 236 g/mol. The fraction of sp³-hybridized carbons (Fsp3) is 0.938. The molecule has 0 aromatic carbocycles. The van der Waals surface area contributed by atoms with E-state index >= 15 is 0 Å². The van der Waals surface area contributed by atoms with Crippen molar-refractivity contribution in [1.29, 1.82) is 0 Å². The summed E-state index contributed by atoms with van der Waals surface area (Å²) in [6.07, 6.45) is 1.77. The van der Waals surface area contributed by atoms with Gasteiger partial charge in [-0.25, -0.2) is 0 Å². The van der Waals surface area contributed by atoms with E-state index in [9.17, 15) is 4.79 Å². The number of carbonyl (C=O) groups excluding carboxylic acids is 1. The standard InChI is InChI=1S/C16H32N2O/c1-7-17-14-8-9-18(11-12(14)2)15(19)10-13(3)16(4,5)6/h12-14,17H,7-11H2,1-6H3. The quantitative estimate of drug-likeness (QED) is 0.850. The molecule has 19 heavy (non-hydrogen) atoms. The van der Waals surface area contributed by atoms with Gasteiger partial charge in [0.15, 0.2) is 0 Å². The Morgan fingerprint density at radius 1 is 1.42 bits per heavy atom. The number of likely N-dealkylation sites (tertiary alicyclic amines) is 1. The largest absolute Gasteiger partial charge is 0.342 e. The van der Waals surface area contributed by atoms with Crippen LogP contribution in [0.25, 0.3) is 0 Å². The van der Waals surface area contributed by atoms with Gasteiger partial charge >= 0.3 is 0 Å². The molecule has 1 saturated heterocycles. The smallest absolute Gasteiger partial charge is 0.222 e. The first kappa shape index (κ1) is 16.5. The summed E-state index contributed by atoms with van der Waals surface area (Å²) >= 11 is 0. The number of carbonyl (C=O) groups is 1. The average molecular weight is 268 g/mol. The molecule has 1 fully saturated rings. The van der Waals surface area contributed by atoms with Crippen molar-refractivity contribution in [2.24, 2.45) is 17.3 Å². The number of rotatable bonds is 4. The number of hydrogen-bond donors (Lipinski definition) is 1. The molecule has 3 unspecified atom stereocenters. The maximum absolute atomic E-state index is 12.4. The molecular formula is C16H32N2O. The highest BCUT2D eigenvalue weighted by Crippen LogP contribution is 2.29. The first-order chi connectivity index (χ1) is 8.75. The zero-order chi connectivity index (χ0) is 14.6. The second-order valence-electron chi connectivity index (χ2n) is 7.24. The fourth-order valence-corrected chi connectivity index (χ4v) is 2.63. The zero-order valence-corrected chi connectivity index (χ0v) is 13.6. The van der Waals surface area contributed by atoms with Gasteiger partial charge in [-0.05, 0) is 30.2 Å². The molecule has 0 radical (unpaired) electrons. The van der Waals surface area contributed by atoms with E-state index in [0.29, 0.717) is 30.2 Å². The lowest BCUT2D eigenvalue weighted by Crippen LogP contribution is -2.50. The van der Waals surface area contributed by atoms with E-state index in [4.69, 9.17) is 0 Å². The Bertz CT molecular complexity index is 296. The van der Waals surface area contributed by atoms with Crippen molar-refractivity contribution in [1.82, 2.24) is 10.2 Å². The average Bonchev–Trinajstić information content (AvgIpc) is 2.30. The summed E-state index contributed by atoms with van der Waals surface area (Å²) in [4.78, 5) is 14.4. The molecule has 1 aliphatic rings. The molecule has 0 saturated carbocycles. The third-order valence-corrected chi connectivity index (χ3v) is 4.68. The molecule has 112 valence electrons. The van der Waals surface area contributed by atoms with E-state index in [2.05, 4.69) is 51.8 Å². The number of amides is 1. The van der Waals surface area contributed by atoms with Gasteiger partial charge in [-0.15, -0.1) is 0 Å². The monoisotopic (exact) mass is 268 g/mol. The van der Waals surface area contributed by atoms with Gasteiger partial charge in [0.2, 0.25) is 5.91 Å². The predicted molar refractivity (Wildman–Crippen MR) is 81.1 cm³/mol. The SMILES string of the molecule is CCNC1CCN(C(=O)CC(C)C(C)(C)C)CC1C. The van der Waals surface area contributed by atoms with Crippen molar-refractivity contribution in [3.05, 3.63) is 0 Å². The summed E-state index contributed by atoms with van der Waals surface area (Å²) in [5.74, 6) is 1.33. The Morgan fingerprint density at radius 2 is 2.05 bits per heavy atom. The van der Waals surface area contributed by atoms with E-state index in [0.717, 1.165) is 26.1 Å². The van der Waals surface area contributed by atoms with Crippen molar-refractivity contribution in [2.75, 3.05) is 19.6 Å². The van der Waals surface area contributed by atoms with Crippen LogP contribution >= 0.6 is 0 Å². The van der Waals surface area contributed by atoms with E-state index in [1.807, 2.05) is 0 Å². The van der Waals surface area contributed by atoms with Gasteiger partial charge in [0.05, 0.1) is 0 Å². The Balaban J connectivity index is 2.48. The molecule has 3 nitrogen and oxygen atoms in total. The summed E-state index contributed by atoms with van der Waals surface area (Å²) in [7, 11) is 0. The Hall–Kier alpha value is -0.570. The van der Waals surface area contributed by atoms with Crippen molar-refractivity contribution >= 4 is 5.91 Å². The molecule has 0 aromatic heterocycles. The third-order valence-electron chi connectivity index (χ3n) is 4.68. The van der Waals surface area contributed by atoms with Gasteiger partial charge in [-0.3, -0.25) is 4.79 Å². The first-order valence-corrected chi connectivity index (χ1v) is 7.76. The van der Waals surface area contributed by atoms with Crippen LogP contribution in [-0.2, 0) is 4.79 Å². The number of hydrogen-bond acceptors (Lipinski definition) is 2. The summed E-state index contributed by atoms with van der Waals surface area (Å²) in [6, 6.07) is 0.578. The number of nitrogens with zero attached hydrogens (tertiary/aromatic N) is 1. The molecule has 3 heteroatoms. The topological polar surface area (TPSA) is 32.3 Å². The minimum Gasteiger partial charge on any atom is -0.342 e. The highest BCUT2D eigenvalue weighted by atomic mass is 16.2. The lowest BCUT2D eigenvalue weighted by Gasteiger charge is -2.38. The molecule has 0 aliphatic carbocycles. The molecule has 1 amide bonds. The van der Waals surface area contributed by atoms with Gasteiger partial charge in [-0.1, -0.05) is 41.5 Å². The lowest BCUT2D eigenvalue weighted by molar-refractivity contribution is -0.135. The molecule has 1 heterocycles. The zero-order valence-electron chi connectivity index (χ0n) is 13.6. The highest BCUT2D eigenvalue weighted by Gasteiger charge is 2.30. The van der Waals surface area contributed by atoms with Crippen LogP contribution in [0.3, 0.4) is 0 Å². The van der Waals surface area contributed by atoms with Gasteiger partial charge in [-0.2, -0.15) is 0 Å². The molecule has 3 atom stereocenters. The van der Waals surface area contributed by atoms with Crippen molar-refractivity contribution in [3.8, 4) is 0 Å². The predicted octanol–water partition coefficient (Wildman–Crippen LogP) is 2.91. The van der Waals surface area contributed by atoms with E-state index in [-0.39, 0.29) is 5.41 Å². The van der Waals surface area contributed by atoms with E-state index < -0.39 is 0 Å². The maximum atomic E-state index is 12.4. The van der Waals surface area contributed by atoms with E-state index in [1.165, 1.54) is 0 Å². The minimum atomic E-state index is 0.212. The van der Waals surface area contributed by atoms with Crippen LogP contribution in [0.2, 0.25) is 0 Å². The van der Waals surface area contributed by atoms with Gasteiger partial charge in [0.1, 0.15) is 0 Å². The van der Waals surface area contributed by atoms with E-state index in [1.54, 1.807) is 0 Å². The van der Waals surface area contributed by atoms with Crippen LogP contribution in [-0.4, -0.2) is 36.5 Å². The van der Waals surface area contributed by atoms with Gasteiger partial charge < -0.3 is 10.2 Å². The van der Waals surface area contributed by atoms with Crippen LogP contribution in [0.5, 0.6) is 0 Å². The summed E-state index contributed by atoms with van der Waals surface area (Å²) in [5, 5.41) is 3.52. The molecule has 1 N–H and O–H groups in total. The van der Waals surface area contributed by atoms with Crippen LogP contribution in [0.1, 0.15) is 54.4 Å². The molecule has 0 aromatic rings. The lowest BCUT2D eigenvalue weighted by atomic mass is 9.79. The maximum Gasteiger partial charge on any atom is 0.222 e. The van der Waals surface area contributed by atoms with Crippen molar-refractivity contribution < 1.29 is 4.79 Å². The van der Waals surface area contributed by atoms with Crippen LogP contribution in [0.4, 0.5) is 0 Å². The molecule has 1 aliphatic heterocycles. The van der Waals surface area contributed by atoms with Crippen LogP contribution in [0, 0.1) is 17.3 Å².